The van der Waals surface area contributed by atoms with E-state index in [1.165, 1.54) is 32.1 Å². The number of hydrogen-bond acceptors (Lipinski definition) is 2. The van der Waals surface area contributed by atoms with Crippen LogP contribution in [0.5, 0.6) is 0 Å². The largest absolute Gasteiger partial charge is 0.390 e. The first-order chi connectivity index (χ1) is 6.50. The summed E-state index contributed by atoms with van der Waals surface area (Å²) < 4.78 is 5.72. The Balaban J connectivity index is 2.19. The fourth-order valence-electron chi connectivity index (χ4n) is 1.71. The molecule has 0 bridgehead atoms. The van der Waals surface area contributed by atoms with E-state index in [0.717, 1.165) is 0 Å². The molecule has 1 aliphatic rings. The average molecular weight is 200 g/mol. The molecule has 84 valence electrons. The summed E-state index contributed by atoms with van der Waals surface area (Å²) >= 11 is 0. The summed E-state index contributed by atoms with van der Waals surface area (Å²) in [5.41, 5.74) is -0.0608. The molecule has 0 radical (unpaired) electrons. The van der Waals surface area contributed by atoms with Gasteiger partial charge in [0.2, 0.25) is 0 Å². The van der Waals surface area contributed by atoms with E-state index in [9.17, 15) is 5.11 Å². The van der Waals surface area contributed by atoms with Crippen LogP contribution in [0.1, 0.15) is 52.9 Å². The van der Waals surface area contributed by atoms with Gasteiger partial charge in [-0.25, -0.2) is 0 Å². The lowest BCUT2D eigenvalue weighted by molar-refractivity contribution is -0.0588. The zero-order chi connectivity index (χ0) is 10.6. The molecule has 1 N–H and O–H groups in total. The molecule has 1 atom stereocenters. The topological polar surface area (TPSA) is 29.5 Å². The Morgan fingerprint density at radius 1 is 1.21 bits per heavy atom. The summed E-state index contributed by atoms with van der Waals surface area (Å²) in [5.74, 6) is 0. The molecule has 0 aromatic heterocycles. The maximum absolute atomic E-state index is 9.79. The number of rotatable bonds is 3. The van der Waals surface area contributed by atoms with Gasteiger partial charge in [-0.1, -0.05) is 40.0 Å². The second-order valence-electron chi connectivity index (χ2n) is 5.48. The fourth-order valence-corrected chi connectivity index (χ4v) is 1.71. The van der Waals surface area contributed by atoms with Crippen molar-refractivity contribution in [2.75, 3.05) is 6.61 Å². The van der Waals surface area contributed by atoms with E-state index >= 15 is 0 Å². The van der Waals surface area contributed by atoms with Crippen LogP contribution in [0.25, 0.3) is 0 Å². The first kappa shape index (κ1) is 12.0. The molecule has 0 amide bonds. The second-order valence-corrected chi connectivity index (χ2v) is 5.48. The van der Waals surface area contributed by atoms with Crippen LogP contribution in [0.3, 0.4) is 0 Å². The van der Waals surface area contributed by atoms with Gasteiger partial charge < -0.3 is 9.84 Å². The lowest BCUT2D eigenvalue weighted by Gasteiger charge is -2.29. The van der Waals surface area contributed by atoms with Crippen LogP contribution in [0, 0.1) is 5.41 Å². The van der Waals surface area contributed by atoms with Crippen molar-refractivity contribution in [1.82, 2.24) is 0 Å². The zero-order valence-electron chi connectivity index (χ0n) is 9.75. The van der Waals surface area contributed by atoms with Crippen molar-refractivity contribution in [2.24, 2.45) is 5.41 Å². The van der Waals surface area contributed by atoms with Gasteiger partial charge in [0.05, 0.1) is 18.8 Å². The summed E-state index contributed by atoms with van der Waals surface area (Å²) in [5, 5.41) is 9.79. The van der Waals surface area contributed by atoms with Crippen molar-refractivity contribution in [3.8, 4) is 0 Å². The van der Waals surface area contributed by atoms with E-state index in [0.29, 0.717) is 12.7 Å². The third-order valence-corrected chi connectivity index (χ3v) is 3.04. The zero-order valence-corrected chi connectivity index (χ0v) is 9.75. The van der Waals surface area contributed by atoms with Crippen LogP contribution in [0.2, 0.25) is 0 Å². The lowest BCUT2D eigenvalue weighted by Crippen LogP contribution is -2.33. The van der Waals surface area contributed by atoms with Crippen molar-refractivity contribution in [3.05, 3.63) is 0 Å². The van der Waals surface area contributed by atoms with E-state index in [1.807, 2.05) is 20.8 Å². The molecule has 1 fully saturated rings. The number of aliphatic hydroxyl groups excluding tert-OH is 1. The average Bonchev–Trinajstić information content (AvgIpc) is 2.14. The Morgan fingerprint density at radius 2 is 1.79 bits per heavy atom. The van der Waals surface area contributed by atoms with E-state index in [2.05, 4.69) is 0 Å². The number of ether oxygens (including phenoxy) is 1. The van der Waals surface area contributed by atoms with Crippen molar-refractivity contribution >= 4 is 0 Å². The minimum Gasteiger partial charge on any atom is -0.390 e. The van der Waals surface area contributed by atoms with Crippen molar-refractivity contribution in [1.29, 1.82) is 0 Å². The molecule has 0 aliphatic heterocycles. The predicted octanol–water partition coefficient (Wildman–Crippen LogP) is 2.74. The second kappa shape index (κ2) is 5.13. The van der Waals surface area contributed by atoms with Gasteiger partial charge >= 0.3 is 0 Å². The molecule has 0 aromatic rings. The fraction of sp³-hybridized carbons (Fsp3) is 1.00. The molecule has 0 spiro atoms. The molecule has 14 heavy (non-hydrogen) atoms. The van der Waals surface area contributed by atoms with Gasteiger partial charge in [-0.15, -0.1) is 0 Å². The van der Waals surface area contributed by atoms with Gasteiger partial charge in [-0.2, -0.15) is 0 Å². The Hall–Kier alpha value is -0.0800. The Bertz CT molecular complexity index is 154. The van der Waals surface area contributed by atoms with Crippen molar-refractivity contribution < 1.29 is 9.84 Å². The molecular weight excluding hydrogens is 176 g/mol. The van der Waals surface area contributed by atoms with Crippen LogP contribution in [0.4, 0.5) is 0 Å². The molecule has 2 heteroatoms. The molecule has 0 heterocycles. The Morgan fingerprint density at radius 3 is 2.29 bits per heavy atom. The summed E-state index contributed by atoms with van der Waals surface area (Å²) in [6.07, 6.45) is 6.34. The molecule has 2 nitrogen and oxygen atoms in total. The summed E-state index contributed by atoms with van der Waals surface area (Å²) in [6.45, 7) is 6.62. The van der Waals surface area contributed by atoms with Gasteiger partial charge in [-0.3, -0.25) is 0 Å². The first-order valence-electron chi connectivity index (χ1n) is 5.80. The van der Waals surface area contributed by atoms with Gasteiger partial charge in [0.25, 0.3) is 0 Å². The number of hydrogen-bond donors (Lipinski definition) is 1. The quantitative estimate of drug-likeness (QED) is 0.759. The van der Waals surface area contributed by atoms with E-state index in [-0.39, 0.29) is 11.5 Å². The van der Waals surface area contributed by atoms with Gasteiger partial charge in [0.15, 0.2) is 0 Å². The van der Waals surface area contributed by atoms with Gasteiger partial charge in [0, 0.05) is 0 Å². The molecule has 1 rings (SSSR count). The van der Waals surface area contributed by atoms with Crippen LogP contribution in [-0.2, 0) is 4.74 Å². The highest BCUT2D eigenvalue weighted by Gasteiger charge is 2.24. The minimum atomic E-state index is -0.343. The van der Waals surface area contributed by atoms with Gasteiger partial charge in [-0.05, 0) is 18.3 Å². The lowest BCUT2D eigenvalue weighted by atomic mass is 9.89. The highest BCUT2D eigenvalue weighted by molar-refractivity contribution is 4.73. The summed E-state index contributed by atoms with van der Waals surface area (Å²) in [4.78, 5) is 0. The molecule has 1 unspecified atom stereocenters. The van der Waals surface area contributed by atoms with Crippen molar-refractivity contribution in [2.45, 2.75) is 65.1 Å². The summed E-state index contributed by atoms with van der Waals surface area (Å²) in [6, 6.07) is 0. The first-order valence-corrected chi connectivity index (χ1v) is 5.80. The van der Waals surface area contributed by atoms with Gasteiger partial charge in [0.1, 0.15) is 0 Å². The monoisotopic (exact) mass is 200 g/mol. The summed E-state index contributed by atoms with van der Waals surface area (Å²) in [7, 11) is 0. The predicted molar refractivity (Wildman–Crippen MR) is 58.3 cm³/mol. The van der Waals surface area contributed by atoms with Crippen molar-refractivity contribution in [3.63, 3.8) is 0 Å². The van der Waals surface area contributed by atoms with Crippen LogP contribution in [0.15, 0.2) is 0 Å². The third-order valence-electron chi connectivity index (χ3n) is 3.04. The standard InChI is InChI=1S/C12H24O2/c1-12(2,3)11(13)9-14-10-7-5-4-6-8-10/h10-11,13H,4-9H2,1-3H3. The highest BCUT2D eigenvalue weighted by Crippen LogP contribution is 2.23. The van der Waals surface area contributed by atoms with Crippen LogP contribution < -0.4 is 0 Å². The molecule has 1 aliphatic carbocycles. The van der Waals surface area contributed by atoms with E-state index < -0.39 is 0 Å². The molecule has 1 saturated carbocycles. The minimum absolute atomic E-state index is 0.0608. The van der Waals surface area contributed by atoms with Crippen LogP contribution in [-0.4, -0.2) is 23.9 Å². The Labute approximate surface area is 87.7 Å². The Kier molecular flexibility index (Phi) is 4.39. The number of aliphatic hydroxyl groups is 1. The normalized spacial score (nSPS) is 22.3. The third kappa shape index (κ3) is 3.97. The molecule has 0 saturated heterocycles. The highest BCUT2D eigenvalue weighted by atomic mass is 16.5. The smallest absolute Gasteiger partial charge is 0.0821 e. The van der Waals surface area contributed by atoms with Crippen LogP contribution >= 0.6 is 0 Å². The van der Waals surface area contributed by atoms with E-state index in [1.54, 1.807) is 0 Å². The molecule has 0 aromatic carbocycles. The van der Waals surface area contributed by atoms with E-state index in [4.69, 9.17) is 4.74 Å². The molecular formula is C12H24O2. The SMILES string of the molecule is CC(C)(C)C(O)COC1CCCCC1. The maximum Gasteiger partial charge on any atom is 0.0821 e. The maximum atomic E-state index is 9.79.